The van der Waals surface area contributed by atoms with E-state index in [2.05, 4.69) is 94.3 Å². The molecule has 3 heteroatoms. The average Bonchev–Trinajstić information content (AvgIpc) is 3.38. The third kappa shape index (κ3) is 3.84. The second-order valence-corrected chi connectivity index (χ2v) is 17.4. The molecule has 182 valence electrons. The molecule has 4 aliphatic rings. The van der Waals surface area contributed by atoms with Crippen molar-refractivity contribution in [3.05, 3.63) is 65.8 Å². The van der Waals surface area contributed by atoms with Gasteiger partial charge in [-0.2, -0.15) is 0 Å². The number of aliphatic imine (C=N–C) groups is 1. The Kier molecular flexibility index (Phi) is 6.39. The van der Waals surface area contributed by atoms with Crippen molar-refractivity contribution in [2.75, 3.05) is 13.2 Å². The lowest BCUT2D eigenvalue weighted by atomic mass is 9.85. The van der Waals surface area contributed by atoms with Gasteiger partial charge in [0, 0.05) is 24.4 Å². The predicted octanol–water partition coefficient (Wildman–Crippen LogP) is 7.92. The van der Waals surface area contributed by atoms with Gasteiger partial charge in [-0.05, 0) is 68.0 Å². The van der Waals surface area contributed by atoms with Crippen LogP contribution in [0.4, 0.5) is 0 Å². The van der Waals surface area contributed by atoms with Gasteiger partial charge in [0.25, 0.3) is 0 Å². The number of rotatable bonds is 7. The van der Waals surface area contributed by atoms with Crippen LogP contribution in [0.15, 0.2) is 59.6 Å². The predicted molar refractivity (Wildman–Crippen MR) is 148 cm³/mol. The molecule has 0 amide bonds. The molecule has 5 unspecified atom stereocenters. The summed E-state index contributed by atoms with van der Waals surface area (Å²) in [4.78, 5) is 5.21. The van der Waals surface area contributed by atoms with Crippen LogP contribution in [0.1, 0.15) is 70.4 Å². The maximum atomic E-state index is 5.96. The van der Waals surface area contributed by atoms with Crippen LogP contribution in [0.2, 0.25) is 17.6 Å². The first-order chi connectivity index (χ1) is 16.3. The summed E-state index contributed by atoms with van der Waals surface area (Å²) in [5.41, 5.74) is 2.92. The summed E-state index contributed by atoms with van der Waals surface area (Å²) in [7, 11) is -1.88. The monoisotopic (exact) mass is 473 g/mol. The topological polar surface area (TPSA) is 21.6 Å². The fourth-order valence-corrected chi connectivity index (χ4v) is 14.2. The van der Waals surface area contributed by atoms with Gasteiger partial charge in [-0.25, -0.2) is 0 Å². The number of nitrogens with zero attached hydrogens (tertiary/aromatic N) is 1. The molecule has 1 aromatic carbocycles. The summed E-state index contributed by atoms with van der Waals surface area (Å²) in [6.07, 6.45) is 24.8. The molecule has 0 saturated heterocycles. The van der Waals surface area contributed by atoms with E-state index in [1.165, 1.54) is 55.7 Å². The van der Waals surface area contributed by atoms with Crippen LogP contribution in [-0.2, 0) is 9.78 Å². The van der Waals surface area contributed by atoms with Crippen LogP contribution >= 0.6 is 0 Å². The summed E-state index contributed by atoms with van der Waals surface area (Å²) in [5.74, 6) is 1.36. The Bertz CT molecular complexity index is 1020. The molecular weight excluding hydrogens is 430 g/mol. The zero-order chi connectivity index (χ0) is 23.9. The first-order valence-electron chi connectivity index (χ1n) is 13.6. The van der Waals surface area contributed by atoms with Gasteiger partial charge in [0.05, 0.1) is 13.7 Å². The maximum absolute atomic E-state index is 5.96. The van der Waals surface area contributed by atoms with E-state index in [4.69, 9.17) is 9.73 Å². The van der Waals surface area contributed by atoms with Crippen LogP contribution in [0.25, 0.3) is 6.08 Å². The molecule has 1 aromatic rings. The quantitative estimate of drug-likeness (QED) is 0.291. The molecule has 34 heavy (non-hydrogen) atoms. The molecule has 0 N–H and O–H groups in total. The number of unbranched alkanes of at least 4 members (excludes halogenated alkanes) is 3. The van der Waals surface area contributed by atoms with Crippen molar-refractivity contribution < 1.29 is 4.74 Å². The Hall–Kier alpha value is -1.71. The summed E-state index contributed by atoms with van der Waals surface area (Å²) < 4.78 is 5.96. The zero-order valence-corrected chi connectivity index (χ0v) is 22.7. The Morgan fingerprint density at radius 2 is 1.85 bits per heavy atom. The van der Waals surface area contributed by atoms with Gasteiger partial charge >= 0.3 is 0 Å². The highest BCUT2D eigenvalue weighted by Gasteiger charge is 2.67. The van der Waals surface area contributed by atoms with Gasteiger partial charge in [0.15, 0.2) is 0 Å². The molecule has 1 saturated carbocycles. The Morgan fingerprint density at radius 3 is 2.71 bits per heavy atom. The van der Waals surface area contributed by atoms with E-state index in [9.17, 15) is 0 Å². The highest BCUT2D eigenvalue weighted by atomic mass is 28.3. The third-order valence-electron chi connectivity index (χ3n) is 9.53. The van der Waals surface area contributed by atoms with Crippen molar-refractivity contribution in [3.63, 3.8) is 0 Å². The van der Waals surface area contributed by atoms with Crippen LogP contribution in [0.3, 0.4) is 0 Å². The summed E-state index contributed by atoms with van der Waals surface area (Å²) in [5, 5.41) is 0.395. The Balaban J connectivity index is 1.42. The van der Waals surface area contributed by atoms with Crippen LogP contribution in [0, 0.1) is 11.8 Å². The number of hydrogen-bond donors (Lipinski definition) is 0. The second kappa shape index (κ2) is 9.06. The molecule has 1 fully saturated rings. The van der Waals surface area contributed by atoms with Crippen molar-refractivity contribution in [1.29, 1.82) is 0 Å². The van der Waals surface area contributed by atoms with Crippen molar-refractivity contribution in [2.45, 2.75) is 87.6 Å². The van der Waals surface area contributed by atoms with E-state index >= 15 is 0 Å². The lowest BCUT2D eigenvalue weighted by Gasteiger charge is -2.58. The average molecular weight is 474 g/mol. The SMILES string of the molecule is CC(C)(C)OCCCCCC[Si]1(C)C2(C=Cc3ccccc32)C=NCC12CCC1C=CC=CC12. The number of fused-ring (bicyclic) bond motifs is 4. The molecule has 0 aromatic heterocycles. The normalized spacial score (nSPS) is 35.4. The van der Waals surface area contributed by atoms with Gasteiger partial charge in [0.2, 0.25) is 0 Å². The smallest absolute Gasteiger partial charge is 0.0821 e. The first-order valence-corrected chi connectivity index (χ1v) is 16.3. The van der Waals surface area contributed by atoms with E-state index in [1.807, 2.05) is 0 Å². The third-order valence-corrected chi connectivity index (χ3v) is 16.2. The van der Waals surface area contributed by atoms with E-state index in [0.29, 0.717) is 16.9 Å². The number of ether oxygens (including phenoxy) is 1. The molecule has 5 rings (SSSR count). The van der Waals surface area contributed by atoms with Gasteiger partial charge in [0.1, 0.15) is 0 Å². The minimum Gasteiger partial charge on any atom is -0.376 e. The molecule has 1 heterocycles. The summed E-state index contributed by atoms with van der Waals surface area (Å²) in [6.45, 7) is 11.1. The van der Waals surface area contributed by atoms with Crippen LogP contribution < -0.4 is 0 Å². The van der Waals surface area contributed by atoms with E-state index in [-0.39, 0.29) is 10.6 Å². The van der Waals surface area contributed by atoms with Gasteiger partial charge in [-0.15, -0.1) is 0 Å². The molecule has 0 bridgehead atoms. The van der Waals surface area contributed by atoms with E-state index < -0.39 is 8.07 Å². The lowest BCUT2D eigenvalue weighted by molar-refractivity contribution is -0.00471. The molecule has 1 aliphatic heterocycles. The number of benzene rings is 1. The maximum Gasteiger partial charge on any atom is 0.0821 e. The molecular formula is C31H43NOSi. The molecule has 0 radical (unpaired) electrons. The van der Waals surface area contributed by atoms with Crippen molar-refractivity contribution in [1.82, 2.24) is 0 Å². The molecule has 3 aliphatic carbocycles. The lowest BCUT2D eigenvalue weighted by Crippen LogP contribution is -2.65. The molecule has 2 spiro atoms. The highest BCUT2D eigenvalue weighted by Crippen LogP contribution is 2.67. The van der Waals surface area contributed by atoms with Crippen molar-refractivity contribution in [3.8, 4) is 0 Å². The largest absolute Gasteiger partial charge is 0.376 e. The summed E-state index contributed by atoms with van der Waals surface area (Å²) in [6, 6.07) is 10.5. The summed E-state index contributed by atoms with van der Waals surface area (Å²) >= 11 is 0. The fourth-order valence-electron chi connectivity index (χ4n) is 7.72. The van der Waals surface area contributed by atoms with E-state index in [0.717, 1.165) is 13.2 Å². The minimum absolute atomic E-state index is 0.0240. The second-order valence-electron chi connectivity index (χ2n) is 12.4. The van der Waals surface area contributed by atoms with Crippen LogP contribution in [0.5, 0.6) is 0 Å². The van der Waals surface area contributed by atoms with Crippen molar-refractivity contribution in [2.24, 2.45) is 16.8 Å². The number of allylic oxidation sites excluding steroid dienone is 5. The minimum atomic E-state index is -1.88. The van der Waals surface area contributed by atoms with Gasteiger partial charge < -0.3 is 4.74 Å². The van der Waals surface area contributed by atoms with Crippen molar-refractivity contribution >= 4 is 20.4 Å². The fraction of sp³-hybridized carbons (Fsp3) is 0.581. The molecule has 2 nitrogen and oxygen atoms in total. The van der Waals surface area contributed by atoms with Gasteiger partial charge in [-0.3, -0.25) is 4.99 Å². The standard InChI is InChI=1S/C31H43NOSi/c1-29(2,3)33-21-11-5-6-12-22-34(4)30(19-17-25-13-7-9-15-27(25)30)23-32-24-31(34)20-18-26-14-8-10-16-28(26)31/h7-10,13-17,19,23,26,28H,5-6,11-12,18,20-22,24H2,1-4H3. The van der Waals surface area contributed by atoms with E-state index in [1.54, 1.807) is 0 Å². The Morgan fingerprint density at radius 1 is 1.06 bits per heavy atom. The molecule has 5 atom stereocenters. The zero-order valence-electron chi connectivity index (χ0n) is 21.7. The van der Waals surface area contributed by atoms with Gasteiger partial charge in [-0.1, -0.05) is 92.6 Å². The highest BCUT2D eigenvalue weighted by molar-refractivity contribution is 6.88. The van der Waals surface area contributed by atoms with Crippen LogP contribution in [-0.4, -0.2) is 33.0 Å². The Labute approximate surface area is 208 Å². The first kappa shape index (κ1) is 24.0. The number of hydrogen-bond acceptors (Lipinski definition) is 2.